The molecule has 0 fully saturated rings. The molecule has 0 rings (SSSR count). The number of hydrogen-bond acceptors (Lipinski definition) is 1. The van der Waals surface area contributed by atoms with E-state index in [1.54, 1.807) is 0 Å². The Bertz CT molecular complexity index is 21.0. The summed E-state index contributed by atoms with van der Waals surface area (Å²) < 4.78 is 0. The van der Waals surface area contributed by atoms with Crippen molar-refractivity contribution < 1.29 is 40.9 Å². The van der Waals surface area contributed by atoms with Crippen LogP contribution in [0.5, 0.6) is 0 Å². The number of rotatable bonds is 0. The number of hydrogen-bond donors (Lipinski definition) is 1. The summed E-state index contributed by atoms with van der Waals surface area (Å²) in [7, 11) is 0. The minimum absolute atomic E-state index is 0. The molecule has 28 valence electrons. The number of carbonyl (C=O) groups is 1. The van der Waals surface area contributed by atoms with Crippen LogP contribution in [0.1, 0.15) is 1.43 Å². The third kappa shape index (κ3) is 45.5. The quantitative estimate of drug-likeness (QED) is 0.282. The molecule has 0 aliphatic carbocycles. The van der Waals surface area contributed by atoms with E-state index in [2.05, 4.69) is 0 Å². The Morgan fingerprint density at radius 1 is 1.80 bits per heavy atom. The first-order valence-electron chi connectivity index (χ1n) is 0.494. The summed E-state index contributed by atoms with van der Waals surface area (Å²) >= 11 is 0. The van der Waals surface area contributed by atoms with Gasteiger partial charge < -0.3 is 6.53 Å². The first kappa shape index (κ1) is 16.7. The molecular formula is CH5NaO2Se. The Morgan fingerprint density at radius 2 is 1.80 bits per heavy atom. The van der Waals surface area contributed by atoms with Crippen LogP contribution in [0.4, 0.5) is 0 Å². The summed E-state index contributed by atoms with van der Waals surface area (Å²) in [6.45, 7) is -0.250. The summed E-state index contributed by atoms with van der Waals surface area (Å²) in [5.41, 5.74) is 0. The van der Waals surface area contributed by atoms with Gasteiger partial charge in [-0.15, -0.1) is 0 Å². The molecule has 1 N–H and O–H groups in total. The summed E-state index contributed by atoms with van der Waals surface area (Å²) in [6.07, 6.45) is 0. The second kappa shape index (κ2) is 20.1. The van der Waals surface area contributed by atoms with Crippen LogP contribution < -0.4 is 29.6 Å². The molecule has 0 saturated heterocycles. The molecule has 0 spiro atoms. The summed E-state index contributed by atoms with van der Waals surface area (Å²) in [5.74, 6) is 0. The van der Waals surface area contributed by atoms with Gasteiger partial charge in [0.25, 0.3) is 6.47 Å². The van der Waals surface area contributed by atoms with E-state index in [4.69, 9.17) is 9.90 Å². The molecule has 0 aromatic rings. The molecule has 0 unspecified atom stereocenters. The van der Waals surface area contributed by atoms with E-state index in [1.165, 1.54) is 0 Å². The van der Waals surface area contributed by atoms with Crippen molar-refractivity contribution in [3.05, 3.63) is 0 Å². The first-order chi connectivity index (χ1) is 1.41. The molecule has 0 aromatic heterocycles. The van der Waals surface area contributed by atoms with Gasteiger partial charge in [0.2, 0.25) is 0 Å². The van der Waals surface area contributed by atoms with E-state index in [-0.39, 0.29) is 54.5 Å². The van der Waals surface area contributed by atoms with E-state index >= 15 is 0 Å². The van der Waals surface area contributed by atoms with Crippen molar-refractivity contribution in [1.82, 2.24) is 0 Å². The SMILES string of the molecule is O=CO.[H-].[Na+].[SeH2]. The van der Waals surface area contributed by atoms with Crippen LogP contribution in [0.15, 0.2) is 0 Å². The summed E-state index contributed by atoms with van der Waals surface area (Å²) in [6, 6.07) is 0. The molecule has 0 bridgehead atoms. The van der Waals surface area contributed by atoms with Crippen LogP contribution in [0, 0.1) is 0 Å². The average molecular weight is 151 g/mol. The topological polar surface area (TPSA) is 37.3 Å². The zero-order valence-electron chi connectivity index (χ0n) is 3.93. The maximum absolute atomic E-state index is 8.36. The summed E-state index contributed by atoms with van der Waals surface area (Å²) in [5, 5.41) is 6.89. The van der Waals surface area contributed by atoms with Crippen molar-refractivity contribution in [2.24, 2.45) is 0 Å². The molecule has 5 heavy (non-hydrogen) atoms. The van der Waals surface area contributed by atoms with Gasteiger partial charge in [0.15, 0.2) is 0 Å². The van der Waals surface area contributed by atoms with Gasteiger partial charge in [-0.1, -0.05) is 0 Å². The maximum atomic E-state index is 8.36. The average Bonchev–Trinajstić information content (AvgIpc) is 0.918. The Labute approximate surface area is 64.2 Å². The van der Waals surface area contributed by atoms with Crippen LogP contribution >= 0.6 is 0 Å². The van der Waals surface area contributed by atoms with Crippen molar-refractivity contribution in [2.45, 2.75) is 0 Å². The minimum atomic E-state index is -0.250. The molecule has 0 radical (unpaired) electrons. The fourth-order valence-corrected chi connectivity index (χ4v) is 0. The van der Waals surface area contributed by atoms with Crippen molar-refractivity contribution in [1.29, 1.82) is 0 Å². The van der Waals surface area contributed by atoms with Gasteiger partial charge in [0, 0.05) is 0 Å². The van der Waals surface area contributed by atoms with Crippen molar-refractivity contribution in [2.75, 3.05) is 0 Å². The van der Waals surface area contributed by atoms with E-state index in [0.717, 1.165) is 0 Å². The van der Waals surface area contributed by atoms with Crippen molar-refractivity contribution in [3.8, 4) is 0 Å². The molecule has 0 amide bonds. The second-order valence-electron chi connectivity index (χ2n) is 0.105. The Kier molecular flexibility index (Phi) is 66.9. The van der Waals surface area contributed by atoms with Gasteiger partial charge in [0.05, 0.1) is 0 Å². The van der Waals surface area contributed by atoms with Gasteiger partial charge in [-0.3, -0.25) is 4.79 Å². The molecule has 0 heterocycles. The predicted octanol–water partition coefficient (Wildman–Crippen LogP) is -4.10. The van der Waals surface area contributed by atoms with Crippen molar-refractivity contribution in [3.63, 3.8) is 0 Å². The van der Waals surface area contributed by atoms with Gasteiger partial charge in [-0.05, 0) is 0 Å². The van der Waals surface area contributed by atoms with Gasteiger partial charge in [-0.25, -0.2) is 0 Å². The Balaban J connectivity index is -0.00000000667. The van der Waals surface area contributed by atoms with Gasteiger partial charge in [0.1, 0.15) is 0 Å². The Hall–Kier alpha value is 0.989. The second-order valence-corrected chi connectivity index (χ2v) is 0.105. The molecule has 0 aliphatic rings. The Morgan fingerprint density at radius 3 is 1.80 bits per heavy atom. The van der Waals surface area contributed by atoms with Crippen LogP contribution in [-0.2, 0) is 4.79 Å². The van der Waals surface area contributed by atoms with E-state index in [0.29, 0.717) is 0 Å². The zero-order valence-corrected chi connectivity index (χ0v) is 7.03. The monoisotopic (exact) mass is 152 g/mol. The van der Waals surface area contributed by atoms with E-state index < -0.39 is 0 Å². The van der Waals surface area contributed by atoms with Crippen LogP contribution in [0.25, 0.3) is 0 Å². The normalized spacial score (nSPS) is 2.40. The zero-order chi connectivity index (χ0) is 2.71. The predicted molar refractivity (Wildman–Crippen MR) is 18.3 cm³/mol. The molecule has 0 saturated carbocycles. The van der Waals surface area contributed by atoms with Crippen LogP contribution in [-0.4, -0.2) is 28.6 Å². The third-order valence-corrected chi connectivity index (χ3v) is 0. The van der Waals surface area contributed by atoms with Crippen LogP contribution in [0.3, 0.4) is 0 Å². The molecule has 0 atom stereocenters. The standard InChI is InChI=1S/CH2O2.Na.H2Se.H/c2-1-3;;;/h1H,(H,2,3);;1H2;/q;+1;;-1. The van der Waals surface area contributed by atoms with Crippen molar-refractivity contribution >= 4 is 23.5 Å². The summed E-state index contributed by atoms with van der Waals surface area (Å²) in [4.78, 5) is 8.36. The molecule has 2 nitrogen and oxygen atoms in total. The number of carboxylic acid groups (broad SMARTS) is 1. The molecule has 0 aliphatic heterocycles. The fourth-order valence-electron chi connectivity index (χ4n) is 0. The van der Waals surface area contributed by atoms with Gasteiger partial charge in [-0.2, -0.15) is 0 Å². The first-order valence-corrected chi connectivity index (χ1v) is 0.494. The molecular weight excluding hydrogens is 146 g/mol. The molecule has 4 heteroatoms. The fraction of sp³-hybridized carbons (Fsp3) is 0. The van der Waals surface area contributed by atoms with Crippen LogP contribution in [0.2, 0.25) is 0 Å². The van der Waals surface area contributed by atoms with Gasteiger partial charge >= 0.3 is 46.6 Å². The third-order valence-electron chi connectivity index (χ3n) is 0. The van der Waals surface area contributed by atoms with E-state index in [9.17, 15) is 0 Å². The van der Waals surface area contributed by atoms with E-state index in [1.807, 2.05) is 0 Å². The molecule has 0 aromatic carbocycles.